The Balaban J connectivity index is 1.43. The number of carbonyl (C=O) groups excluding carboxylic acids is 2. The molecule has 0 radical (unpaired) electrons. The van der Waals surface area contributed by atoms with E-state index in [0.29, 0.717) is 38.3 Å². The molecule has 1 heterocycles. The van der Waals surface area contributed by atoms with Crippen LogP contribution >= 0.6 is 0 Å². The normalized spacial score (nSPS) is 14.5. The molecule has 288 valence electrons. The lowest BCUT2D eigenvalue weighted by molar-refractivity contribution is -0.147. The van der Waals surface area contributed by atoms with Gasteiger partial charge in [-0.05, 0) is 65.3 Å². The number of hydrogen-bond acceptors (Lipinski definition) is 3. The first-order valence-corrected chi connectivity index (χ1v) is 18.5. The van der Waals surface area contributed by atoms with Crippen LogP contribution < -0.4 is 0 Å². The van der Waals surface area contributed by atoms with Crippen LogP contribution in [-0.4, -0.2) is 58.7 Å². The molecule has 1 atom stereocenters. The van der Waals surface area contributed by atoms with Crippen molar-refractivity contribution in [2.75, 3.05) is 26.2 Å². The highest BCUT2D eigenvalue weighted by Gasteiger charge is 2.38. The largest absolute Gasteiger partial charge is 0.416 e. The second-order valence-electron chi connectivity index (χ2n) is 14.0. The molecular formula is C43H47F6N3O2. The number of piperazine rings is 1. The van der Waals surface area contributed by atoms with Crippen molar-refractivity contribution in [1.82, 2.24) is 14.7 Å². The molecule has 5 rings (SSSR count). The molecule has 0 N–H and O–H groups in total. The molecule has 1 aliphatic rings. The monoisotopic (exact) mass is 751 g/mol. The summed E-state index contributed by atoms with van der Waals surface area (Å²) in [6, 6.07) is 27.6. The molecule has 1 fully saturated rings. The number of unbranched alkanes of at least 4 members (excludes halogenated alkanes) is 2. The van der Waals surface area contributed by atoms with E-state index in [-0.39, 0.29) is 36.9 Å². The lowest BCUT2D eigenvalue weighted by atomic mass is 9.98. The van der Waals surface area contributed by atoms with Crippen molar-refractivity contribution >= 4 is 11.8 Å². The highest BCUT2D eigenvalue weighted by atomic mass is 19.4. The Morgan fingerprint density at radius 3 is 1.76 bits per heavy atom. The van der Waals surface area contributed by atoms with Crippen molar-refractivity contribution in [3.8, 4) is 0 Å². The lowest BCUT2D eigenvalue weighted by Gasteiger charge is -2.39. The Morgan fingerprint density at radius 1 is 0.648 bits per heavy atom. The SMILES string of the molecule is CCCCCc1ccc(CN(C(=O)CCc2cc(C(F)(F)F)cc(C(F)(F)F)c2)C(Cc2ccccc2)C(=O)N2CCN(Cc3ccccc3)CC2)cc1. The highest BCUT2D eigenvalue weighted by molar-refractivity contribution is 5.88. The molecule has 1 unspecified atom stereocenters. The summed E-state index contributed by atoms with van der Waals surface area (Å²) in [4.78, 5) is 34.3. The van der Waals surface area contributed by atoms with Crippen LogP contribution in [0.15, 0.2) is 103 Å². The van der Waals surface area contributed by atoms with Gasteiger partial charge in [0.25, 0.3) is 0 Å². The molecule has 0 saturated carbocycles. The van der Waals surface area contributed by atoms with E-state index >= 15 is 0 Å². The number of nitrogens with zero attached hydrogens (tertiary/aromatic N) is 3. The van der Waals surface area contributed by atoms with Crippen LogP contribution in [0.3, 0.4) is 0 Å². The van der Waals surface area contributed by atoms with Gasteiger partial charge in [0.15, 0.2) is 0 Å². The molecule has 4 aromatic rings. The number of alkyl halides is 6. The Hall–Kier alpha value is -4.64. The number of carbonyl (C=O) groups is 2. The summed E-state index contributed by atoms with van der Waals surface area (Å²) in [6.45, 7) is 5.05. The maximum absolute atomic E-state index is 14.6. The van der Waals surface area contributed by atoms with Gasteiger partial charge >= 0.3 is 12.4 Å². The fourth-order valence-electron chi connectivity index (χ4n) is 6.86. The number of aryl methyl sites for hydroxylation is 2. The highest BCUT2D eigenvalue weighted by Crippen LogP contribution is 2.36. The number of hydrogen-bond donors (Lipinski definition) is 0. The molecule has 0 aliphatic carbocycles. The third kappa shape index (κ3) is 11.7. The van der Waals surface area contributed by atoms with E-state index < -0.39 is 41.8 Å². The van der Waals surface area contributed by atoms with Gasteiger partial charge in [-0.1, -0.05) is 105 Å². The van der Waals surface area contributed by atoms with Crippen LogP contribution in [0.2, 0.25) is 0 Å². The predicted molar refractivity (Wildman–Crippen MR) is 197 cm³/mol. The average molecular weight is 752 g/mol. The topological polar surface area (TPSA) is 43.9 Å². The fourth-order valence-corrected chi connectivity index (χ4v) is 6.86. The van der Waals surface area contributed by atoms with Crippen molar-refractivity contribution in [3.63, 3.8) is 0 Å². The summed E-state index contributed by atoms with van der Waals surface area (Å²) < 4.78 is 81.9. The summed E-state index contributed by atoms with van der Waals surface area (Å²) in [6.07, 6.45) is -6.46. The number of amides is 2. The Morgan fingerprint density at radius 2 is 1.20 bits per heavy atom. The summed E-state index contributed by atoms with van der Waals surface area (Å²) in [5, 5.41) is 0. The predicted octanol–water partition coefficient (Wildman–Crippen LogP) is 9.37. The molecule has 0 spiro atoms. The first kappa shape index (κ1) is 40.5. The van der Waals surface area contributed by atoms with Crippen molar-refractivity contribution in [2.24, 2.45) is 0 Å². The Bertz CT molecular complexity index is 1760. The van der Waals surface area contributed by atoms with Crippen LogP contribution in [0.25, 0.3) is 0 Å². The third-order valence-corrected chi connectivity index (χ3v) is 9.91. The van der Waals surface area contributed by atoms with E-state index in [1.165, 1.54) is 4.90 Å². The van der Waals surface area contributed by atoms with E-state index in [0.717, 1.165) is 54.5 Å². The van der Waals surface area contributed by atoms with E-state index in [2.05, 4.69) is 24.0 Å². The van der Waals surface area contributed by atoms with E-state index in [9.17, 15) is 35.9 Å². The van der Waals surface area contributed by atoms with Gasteiger partial charge in [0.05, 0.1) is 11.1 Å². The molecule has 0 bridgehead atoms. The molecular weight excluding hydrogens is 704 g/mol. The maximum Gasteiger partial charge on any atom is 0.416 e. The summed E-state index contributed by atoms with van der Waals surface area (Å²) in [7, 11) is 0. The first-order valence-electron chi connectivity index (χ1n) is 18.5. The van der Waals surface area contributed by atoms with Gasteiger partial charge in [-0.25, -0.2) is 0 Å². The van der Waals surface area contributed by atoms with Crippen molar-refractivity contribution in [2.45, 2.75) is 83.4 Å². The zero-order valence-electron chi connectivity index (χ0n) is 30.5. The Kier molecular flexibility index (Phi) is 14.0. The number of rotatable bonds is 15. The first-order chi connectivity index (χ1) is 25.8. The minimum Gasteiger partial charge on any atom is -0.338 e. The van der Waals surface area contributed by atoms with Gasteiger partial charge in [-0.15, -0.1) is 0 Å². The van der Waals surface area contributed by atoms with Gasteiger partial charge < -0.3 is 9.80 Å². The van der Waals surface area contributed by atoms with Gasteiger partial charge in [0, 0.05) is 52.1 Å². The molecule has 5 nitrogen and oxygen atoms in total. The van der Waals surface area contributed by atoms with Crippen LogP contribution in [-0.2, 0) is 54.3 Å². The molecule has 4 aromatic carbocycles. The van der Waals surface area contributed by atoms with Crippen LogP contribution in [0.1, 0.15) is 71.6 Å². The van der Waals surface area contributed by atoms with Crippen LogP contribution in [0.4, 0.5) is 26.3 Å². The van der Waals surface area contributed by atoms with Crippen molar-refractivity contribution in [3.05, 3.63) is 142 Å². The lowest BCUT2D eigenvalue weighted by Crippen LogP contribution is -2.56. The average Bonchev–Trinajstić information content (AvgIpc) is 3.16. The number of benzene rings is 4. The molecule has 1 saturated heterocycles. The summed E-state index contributed by atoms with van der Waals surface area (Å²) >= 11 is 0. The van der Waals surface area contributed by atoms with Crippen LogP contribution in [0, 0.1) is 0 Å². The molecule has 1 aliphatic heterocycles. The van der Waals surface area contributed by atoms with E-state index in [1.807, 2.05) is 72.8 Å². The van der Waals surface area contributed by atoms with Gasteiger partial charge in [0.2, 0.25) is 11.8 Å². The van der Waals surface area contributed by atoms with Gasteiger partial charge in [-0.3, -0.25) is 14.5 Å². The summed E-state index contributed by atoms with van der Waals surface area (Å²) in [5.74, 6) is -0.786. The zero-order valence-corrected chi connectivity index (χ0v) is 30.5. The fraction of sp³-hybridized carbons (Fsp3) is 0.395. The smallest absolute Gasteiger partial charge is 0.338 e. The maximum atomic E-state index is 14.6. The van der Waals surface area contributed by atoms with E-state index in [4.69, 9.17) is 0 Å². The number of halogens is 6. The van der Waals surface area contributed by atoms with Crippen molar-refractivity contribution < 1.29 is 35.9 Å². The minimum absolute atomic E-state index is 0.0433. The van der Waals surface area contributed by atoms with Gasteiger partial charge in [-0.2, -0.15) is 26.3 Å². The second kappa shape index (κ2) is 18.6. The molecule has 54 heavy (non-hydrogen) atoms. The quantitative estimate of drug-likeness (QED) is 0.0899. The molecule has 11 heteroatoms. The third-order valence-electron chi connectivity index (χ3n) is 9.91. The van der Waals surface area contributed by atoms with Gasteiger partial charge in [0.1, 0.15) is 6.04 Å². The summed E-state index contributed by atoms with van der Waals surface area (Å²) in [5.41, 5.74) is 0.756. The standard InChI is InChI=1S/C43H47F6N3O2/c1-2-3-6-11-32-16-18-35(19-17-32)31-52(40(53)21-20-36-26-37(42(44,45)46)29-38(27-36)43(47,48)49)39(28-33-12-7-4-8-13-33)41(54)51-24-22-50(23-25-51)30-34-14-9-5-10-15-34/h4-5,7-10,12-19,26-27,29,39H,2-3,6,11,20-25,28,30-31H2,1H3. The van der Waals surface area contributed by atoms with Crippen LogP contribution in [0.5, 0.6) is 0 Å². The second-order valence-corrected chi connectivity index (χ2v) is 14.0. The Labute approximate surface area is 313 Å². The minimum atomic E-state index is -5.01. The molecule has 0 aromatic heterocycles. The van der Waals surface area contributed by atoms with E-state index in [1.54, 1.807) is 4.90 Å². The molecule has 2 amide bonds. The van der Waals surface area contributed by atoms with Crippen molar-refractivity contribution in [1.29, 1.82) is 0 Å². The zero-order chi connectivity index (χ0) is 38.7.